The summed E-state index contributed by atoms with van der Waals surface area (Å²) in [6.45, 7) is 8.38. The van der Waals surface area contributed by atoms with Gasteiger partial charge in [-0.05, 0) is 36.3 Å². The Morgan fingerprint density at radius 1 is 1.29 bits per heavy atom. The zero-order chi connectivity index (χ0) is 15.6. The minimum absolute atomic E-state index is 0.000981. The number of hydrogen-bond acceptors (Lipinski definition) is 2. The van der Waals surface area contributed by atoms with E-state index in [2.05, 4.69) is 20.8 Å². The average Bonchev–Trinajstić information content (AvgIpc) is 2.86. The zero-order valence-corrected chi connectivity index (χ0v) is 13.0. The molecule has 0 radical (unpaired) electrons. The van der Waals surface area contributed by atoms with E-state index < -0.39 is 5.97 Å². The number of aromatic carboxylic acids is 1. The number of aromatic nitrogens is 1. The number of carbonyl (C=O) groups is 2. The molecule has 116 valence electrons. The molecular formula is C16H24N2O3. The topological polar surface area (TPSA) is 62.5 Å². The van der Waals surface area contributed by atoms with Gasteiger partial charge in [0.05, 0.1) is 0 Å². The van der Waals surface area contributed by atoms with Gasteiger partial charge in [-0.2, -0.15) is 0 Å². The Morgan fingerprint density at radius 3 is 2.43 bits per heavy atom. The van der Waals surface area contributed by atoms with Crippen LogP contribution >= 0.6 is 0 Å². The van der Waals surface area contributed by atoms with Gasteiger partial charge >= 0.3 is 5.97 Å². The Balaban J connectivity index is 1.94. The minimum atomic E-state index is -1.00. The van der Waals surface area contributed by atoms with Gasteiger partial charge in [0.1, 0.15) is 12.2 Å². The summed E-state index contributed by atoms with van der Waals surface area (Å²) in [4.78, 5) is 25.2. The summed E-state index contributed by atoms with van der Waals surface area (Å²) in [5, 5.41) is 9.06. The number of carbonyl (C=O) groups excluding carboxylic acids is 1. The van der Waals surface area contributed by atoms with Gasteiger partial charge in [-0.1, -0.05) is 20.8 Å². The quantitative estimate of drug-likeness (QED) is 0.931. The van der Waals surface area contributed by atoms with Crippen LogP contribution in [-0.2, 0) is 11.3 Å². The van der Waals surface area contributed by atoms with Gasteiger partial charge in [-0.25, -0.2) is 4.79 Å². The van der Waals surface area contributed by atoms with E-state index in [4.69, 9.17) is 5.11 Å². The van der Waals surface area contributed by atoms with Crippen molar-refractivity contribution in [1.29, 1.82) is 0 Å². The van der Waals surface area contributed by atoms with E-state index >= 15 is 0 Å². The molecule has 2 heterocycles. The monoisotopic (exact) mass is 292 g/mol. The van der Waals surface area contributed by atoms with Crippen LogP contribution in [0.4, 0.5) is 0 Å². The summed E-state index contributed by atoms with van der Waals surface area (Å²) in [5.74, 6) is -0.358. The standard InChI is InChI=1S/C16H24N2O3/c1-16(2,3)12-6-9-17(10-7-12)14(19)11-18-8-4-5-13(18)15(20)21/h4-5,8,12H,6-7,9-11H2,1-3H3,(H,20,21). The molecule has 0 aliphatic carbocycles. The normalized spacial score (nSPS) is 17.0. The Bertz CT molecular complexity index is 520. The molecular weight excluding hydrogens is 268 g/mol. The second-order valence-electron chi connectivity index (χ2n) is 6.85. The van der Waals surface area contributed by atoms with Crippen molar-refractivity contribution in [2.24, 2.45) is 11.3 Å². The van der Waals surface area contributed by atoms with Gasteiger partial charge in [0.2, 0.25) is 5.91 Å². The fourth-order valence-electron chi connectivity index (χ4n) is 2.99. The van der Waals surface area contributed by atoms with Gasteiger partial charge in [0, 0.05) is 19.3 Å². The van der Waals surface area contributed by atoms with Crippen LogP contribution in [0.25, 0.3) is 0 Å². The van der Waals surface area contributed by atoms with Crippen molar-refractivity contribution in [3.05, 3.63) is 24.0 Å². The molecule has 1 fully saturated rings. The van der Waals surface area contributed by atoms with E-state index in [1.165, 1.54) is 10.6 Å². The maximum absolute atomic E-state index is 12.3. The molecule has 1 aliphatic heterocycles. The Labute approximate surface area is 125 Å². The second kappa shape index (κ2) is 5.92. The van der Waals surface area contributed by atoms with Gasteiger partial charge in [-0.3, -0.25) is 4.79 Å². The molecule has 1 N–H and O–H groups in total. The van der Waals surface area contributed by atoms with E-state index in [1.54, 1.807) is 12.3 Å². The van der Waals surface area contributed by atoms with Crippen molar-refractivity contribution in [2.75, 3.05) is 13.1 Å². The van der Waals surface area contributed by atoms with Crippen molar-refractivity contribution in [2.45, 2.75) is 40.2 Å². The second-order valence-corrected chi connectivity index (χ2v) is 6.85. The van der Waals surface area contributed by atoms with E-state index in [9.17, 15) is 9.59 Å². The molecule has 21 heavy (non-hydrogen) atoms. The summed E-state index contributed by atoms with van der Waals surface area (Å²) in [7, 11) is 0. The van der Waals surface area contributed by atoms with Crippen LogP contribution in [0.2, 0.25) is 0 Å². The van der Waals surface area contributed by atoms with Gasteiger partial charge in [-0.15, -0.1) is 0 Å². The number of carboxylic acids is 1. The number of carboxylic acid groups (broad SMARTS) is 1. The maximum Gasteiger partial charge on any atom is 0.352 e. The van der Waals surface area contributed by atoms with E-state index in [0.717, 1.165) is 25.9 Å². The highest BCUT2D eigenvalue weighted by atomic mass is 16.4. The lowest BCUT2D eigenvalue weighted by molar-refractivity contribution is -0.133. The molecule has 2 rings (SSSR count). The fraction of sp³-hybridized carbons (Fsp3) is 0.625. The first kappa shape index (κ1) is 15.6. The summed E-state index contributed by atoms with van der Waals surface area (Å²) < 4.78 is 1.50. The first-order chi connectivity index (χ1) is 9.79. The van der Waals surface area contributed by atoms with Gasteiger partial charge < -0.3 is 14.6 Å². The number of likely N-dealkylation sites (tertiary alicyclic amines) is 1. The highest BCUT2D eigenvalue weighted by Gasteiger charge is 2.30. The fourth-order valence-corrected chi connectivity index (χ4v) is 2.99. The third kappa shape index (κ3) is 3.65. The van der Waals surface area contributed by atoms with E-state index in [1.807, 2.05) is 4.90 Å². The molecule has 0 atom stereocenters. The Hall–Kier alpha value is -1.78. The van der Waals surface area contributed by atoms with Gasteiger partial charge in [0.15, 0.2) is 0 Å². The summed E-state index contributed by atoms with van der Waals surface area (Å²) in [6.07, 6.45) is 3.68. The predicted molar refractivity (Wildman–Crippen MR) is 80.2 cm³/mol. The number of amides is 1. The lowest BCUT2D eigenvalue weighted by Crippen LogP contribution is -2.42. The van der Waals surface area contributed by atoms with Crippen LogP contribution in [0.5, 0.6) is 0 Å². The third-order valence-corrected chi connectivity index (χ3v) is 4.43. The van der Waals surface area contributed by atoms with Crippen LogP contribution in [0.1, 0.15) is 44.1 Å². The van der Waals surface area contributed by atoms with Crippen LogP contribution in [0.3, 0.4) is 0 Å². The number of nitrogens with zero attached hydrogens (tertiary/aromatic N) is 2. The van der Waals surface area contributed by atoms with Crippen molar-refractivity contribution in [3.8, 4) is 0 Å². The van der Waals surface area contributed by atoms with Crippen LogP contribution < -0.4 is 0 Å². The highest BCUT2D eigenvalue weighted by molar-refractivity contribution is 5.86. The molecule has 0 bridgehead atoms. The van der Waals surface area contributed by atoms with Crippen LogP contribution in [-0.4, -0.2) is 39.5 Å². The van der Waals surface area contributed by atoms with Crippen molar-refractivity contribution >= 4 is 11.9 Å². The minimum Gasteiger partial charge on any atom is -0.477 e. The summed E-state index contributed by atoms with van der Waals surface area (Å²) in [5.41, 5.74) is 0.444. The van der Waals surface area contributed by atoms with Crippen molar-refractivity contribution in [3.63, 3.8) is 0 Å². The lowest BCUT2D eigenvalue weighted by atomic mass is 9.75. The first-order valence-electron chi connectivity index (χ1n) is 7.45. The molecule has 1 aromatic heterocycles. The molecule has 5 heteroatoms. The SMILES string of the molecule is CC(C)(C)C1CCN(C(=O)Cn2cccc2C(=O)O)CC1. The summed E-state index contributed by atoms with van der Waals surface area (Å²) >= 11 is 0. The smallest absolute Gasteiger partial charge is 0.352 e. The maximum atomic E-state index is 12.3. The molecule has 1 saturated heterocycles. The van der Waals surface area contributed by atoms with Crippen molar-refractivity contribution in [1.82, 2.24) is 9.47 Å². The summed E-state index contributed by atoms with van der Waals surface area (Å²) in [6, 6.07) is 3.17. The van der Waals surface area contributed by atoms with Crippen LogP contribution in [0.15, 0.2) is 18.3 Å². The highest BCUT2D eigenvalue weighted by Crippen LogP contribution is 2.34. The molecule has 0 unspecified atom stereocenters. The van der Waals surface area contributed by atoms with E-state index in [0.29, 0.717) is 5.92 Å². The molecule has 1 amide bonds. The molecule has 1 aliphatic rings. The Morgan fingerprint density at radius 2 is 1.90 bits per heavy atom. The van der Waals surface area contributed by atoms with Crippen molar-refractivity contribution < 1.29 is 14.7 Å². The molecule has 5 nitrogen and oxygen atoms in total. The molecule has 0 spiro atoms. The van der Waals surface area contributed by atoms with Crippen LogP contribution in [0, 0.1) is 11.3 Å². The average molecular weight is 292 g/mol. The number of piperidine rings is 1. The molecule has 0 aromatic carbocycles. The molecule has 1 aromatic rings. The largest absolute Gasteiger partial charge is 0.477 e. The number of hydrogen-bond donors (Lipinski definition) is 1. The van der Waals surface area contributed by atoms with Gasteiger partial charge in [0.25, 0.3) is 0 Å². The first-order valence-corrected chi connectivity index (χ1v) is 7.45. The number of rotatable bonds is 3. The predicted octanol–water partition coefficient (Wildman–Crippen LogP) is 2.47. The lowest BCUT2D eigenvalue weighted by Gasteiger charge is -2.38. The molecule has 0 saturated carbocycles. The van der Waals surface area contributed by atoms with E-state index in [-0.39, 0.29) is 23.6 Å². The Kier molecular flexibility index (Phi) is 4.40. The zero-order valence-electron chi connectivity index (χ0n) is 13.0. The third-order valence-electron chi connectivity index (χ3n) is 4.43.